The minimum Gasteiger partial charge on any atom is -0.493 e. The van der Waals surface area contributed by atoms with Crippen LogP contribution in [-0.4, -0.2) is 61.5 Å². The largest absolute Gasteiger partial charge is 0.493 e. The van der Waals surface area contributed by atoms with Crippen molar-refractivity contribution in [3.05, 3.63) is 30.3 Å². The summed E-state index contributed by atoms with van der Waals surface area (Å²) in [5.41, 5.74) is 2.39. The number of hydrogen-bond acceptors (Lipinski definition) is 6. The minimum absolute atomic E-state index is 0.559. The number of benzene rings is 1. The van der Waals surface area contributed by atoms with Gasteiger partial charge in [-0.2, -0.15) is 0 Å². The smallest absolute Gasteiger partial charge is 0.161 e. The number of ether oxygens (including phenoxy) is 2. The summed E-state index contributed by atoms with van der Waals surface area (Å²) >= 11 is 0. The van der Waals surface area contributed by atoms with E-state index in [1.807, 2.05) is 18.2 Å². The minimum atomic E-state index is 0.559. The highest BCUT2D eigenvalue weighted by Crippen LogP contribution is 2.43. The molecule has 1 aliphatic carbocycles. The van der Waals surface area contributed by atoms with Gasteiger partial charge in [0.1, 0.15) is 0 Å². The van der Waals surface area contributed by atoms with Crippen LogP contribution in [0.1, 0.15) is 44.9 Å². The lowest BCUT2D eigenvalue weighted by atomic mass is 9.70. The maximum absolute atomic E-state index is 5.42. The van der Waals surface area contributed by atoms with Crippen LogP contribution in [0.2, 0.25) is 0 Å². The van der Waals surface area contributed by atoms with E-state index in [0.717, 1.165) is 42.0 Å². The number of methoxy groups -OCH3 is 2. The molecule has 0 radical (unpaired) electrons. The summed E-state index contributed by atoms with van der Waals surface area (Å²) in [4.78, 5) is 5.18. The molecular weight excluding hydrogens is 388 g/mol. The number of likely N-dealkylation sites (tertiary alicyclic amines) is 1. The van der Waals surface area contributed by atoms with Crippen LogP contribution in [0.3, 0.4) is 0 Å². The van der Waals surface area contributed by atoms with Crippen molar-refractivity contribution in [3.63, 3.8) is 0 Å². The highest BCUT2D eigenvalue weighted by Gasteiger charge is 2.39. The molecule has 2 saturated heterocycles. The molecule has 0 N–H and O–H groups in total. The van der Waals surface area contributed by atoms with Crippen LogP contribution in [0.15, 0.2) is 30.3 Å². The highest BCUT2D eigenvalue weighted by atomic mass is 16.5. The molecule has 0 atom stereocenters. The Morgan fingerprint density at radius 3 is 2.13 bits per heavy atom. The zero-order valence-electron chi connectivity index (χ0n) is 18.8. The SMILES string of the molecule is COc1ccc(-c2ccc(N3CCC4(CC3)CCN(C3CCC3)CC4)nn2)cc1OC. The third-order valence-electron chi connectivity index (χ3n) is 7.93. The van der Waals surface area contributed by atoms with E-state index in [1.54, 1.807) is 14.2 Å². The summed E-state index contributed by atoms with van der Waals surface area (Å²) in [5, 5.41) is 9.07. The first-order valence-electron chi connectivity index (χ1n) is 11.7. The summed E-state index contributed by atoms with van der Waals surface area (Å²) in [6, 6.07) is 10.9. The number of nitrogens with zero attached hydrogens (tertiary/aromatic N) is 4. The second kappa shape index (κ2) is 8.65. The number of anilines is 1. The first-order valence-corrected chi connectivity index (χ1v) is 11.7. The standard InChI is InChI=1S/C25H34N4O2/c1-30-22-8-6-19(18-23(22)31-2)21-7-9-24(27-26-21)29-16-12-25(13-17-29)10-14-28(15-11-25)20-4-3-5-20/h6-9,18,20H,3-5,10-17H2,1-2H3. The summed E-state index contributed by atoms with van der Waals surface area (Å²) in [7, 11) is 3.29. The molecule has 1 spiro atoms. The fraction of sp³-hybridized carbons (Fsp3) is 0.600. The molecule has 6 heteroatoms. The zero-order chi connectivity index (χ0) is 21.3. The summed E-state index contributed by atoms with van der Waals surface area (Å²) in [5.74, 6) is 2.41. The van der Waals surface area contributed by atoms with Gasteiger partial charge in [-0.1, -0.05) is 6.42 Å². The maximum Gasteiger partial charge on any atom is 0.161 e. The van der Waals surface area contributed by atoms with Gasteiger partial charge in [-0.3, -0.25) is 0 Å². The predicted molar refractivity (Wildman–Crippen MR) is 123 cm³/mol. The van der Waals surface area contributed by atoms with E-state index in [4.69, 9.17) is 9.47 Å². The van der Waals surface area contributed by atoms with E-state index in [9.17, 15) is 0 Å². The van der Waals surface area contributed by atoms with Crippen LogP contribution in [0, 0.1) is 5.41 Å². The summed E-state index contributed by atoms with van der Waals surface area (Å²) < 4.78 is 10.7. The molecule has 0 unspecified atom stereocenters. The lowest BCUT2D eigenvalue weighted by molar-refractivity contribution is 0.0305. The molecule has 1 aromatic carbocycles. The quantitative estimate of drug-likeness (QED) is 0.712. The molecule has 1 aromatic heterocycles. The van der Waals surface area contributed by atoms with Gasteiger partial charge < -0.3 is 19.3 Å². The van der Waals surface area contributed by atoms with Gasteiger partial charge in [0.15, 0.2) is 17.3 Å². The third kappa shape index (κ3) is 4.10. The molecule has 166 valence electrons. The number of piperidine rings is 2. The monoisotopic (exact) mass is 422 g/mol. The molecule has 2 aromatic rings. The number of aromatic nitrogens is 2. The molecule has 6 nitrogen and oxygen atoms in total. The molecule has 2 aliphatic heterocycles. The van der Waals surface area contributed by atoms with Crippen LogP contribution >= 0.6 is 0 Å². The molecule has 3 heterocycles. The van der Waals surface area contributed by atoms with Crippen molar-refractivity contribution in [2.24, 2.45) is 5.41 Å². The van der Waals surface area contributed by atoms with Crippen LogP contribution in [-0.2, 0) is 0 Å². The van der Waals surface area contributed by atoms with Gasteiger partial charge in [-0.05, 0) is 87.4 Å². The lowest BCUT2D eigenvalue weighted by Gasteiger charge is -2.50. The van der Waals surface area contributed by atoms with E-state index in [-0.39, 0.29) is 0 Å². The Labute approximate surface area is 185 Å². The predicted octanol–water partition coefficient (Wildman–Crippen LogP) is 4.40. The highest BCUT2D eigenvalue weighted by molar-refractivity contribution is 5.64. The molecule has 1 saturated carbocycles. The maximum atomic E-state index is 5.42. The first-order chi connectivity index (χ1) is 15.2. The van der Waals surface area contributed by atoms with Crippen molar-refractivity contribution >= 4 is 5.82 Å². The van der Waals surface area contributed by atoms with Crippen LogP contribution in [0.5, 0.6) is 11.5 Å². The Hall–Kier alpha value is -2.34. The van der Waals surface area contributed by atoms with Crippen molar-refractivity contribution in [1.82, 2.24) is 15.1 Å². The fourth-order valence-electron chi connectivity index (χ4n) is 5.47. The number of rotatable bonds is 5. The molecule has 3 fully saturated rings. The average molecular weight is 423 g/mol. The Morgan fingerprint density at radius 2 is 1.55 bits per heavy atom. The van der Waals surface area contributed by atoms with Crippen LogP contribution in [0.4, 0.5) is 5.82 Å². The van der Waals surface area contributed by atoms with Gasteiger partial charge in [-0.25, -0.2) is 0 Å². The van der Waals surface area contributed by atoms with Gasteiger partial charge in [0.25, 0.3) is 0 Å². The Bertz CT molecular complexity index is 879. The lowest BCUT2D eigenvalue weighted by Crippen LogP contribution is -2.51. The zero-order valence-corrected chi connectivity index (χ0v) is 18.8. The van der Waals surface area contributed by atoms with E-state index in [2.05, 4.69) is 32.1 Å². The van der Waals surface area contributed by atoms with E-state index >= 15 is 0 Å². The van der Waals surface area contributed by atoms with Gasteiger partial charge in [-0.15, -0.1) is 10.2 Å². The van der Waals surface area contributed by atoms with Gasteiger partial charge in [0, 0.05) is 24.7 Å². The van der Waals surface area contributed by atoms with Crippen LogP contribution < -0.4 is 14.4 Å². The summed E-state index contributed by atoms with van der Waals surface area (Å²) in [6.07, 6.45) is 9.61. The van der Waals surface area contributed by atoms with Crippen molar-refractivity contribution in [2.75, 3.05) is 45.3 Å². The Morgan fingerprint density at radius 1 is 0.839 bits per heavy atom. The summed E-state index contributed by atoms with van der Waals surface area (Å²) in [6.45, 7) is 4.80. The second-order valence-corrected chi connectivity index (χ2v) is 9.45. The average Bonchev–Trinajstić information content (AvgIpc) is 2.80. The molecular formula is C25H34N4O2. The van der Waals surface area contributed by atoms with Crippen molar-refractivity contribution in [3.8, 4) is 22.8 Å². The van der Waals surface area contributed by atoms with E-state index in [1.165, 1.54) is 58.0 Å². The first kappa shape index (κ1) is 20.6. The molecule has 3 aliphatic rings. The Balaban J connectivity index is 1.20. The van der Waals surface area contributed by atoms with Gasteiger partial charge >= 0.3 is 0 Å². The second-order valence-electron chi connectivity index (χ2n) is 9.45. The normalized spacial score (nSPS) is 21.7. The number of hydrogen-bond donors (Lipinski definition) is 0. The van der Waals surface area contributed by atoms with Crippen molar-refractivity contribution in [2.45, 2.75) is 51.0 Å². The Kier molecular flexibility index (Phi) is 5.74. The molecule has 0 amide bonds. The fourth-order valence-corrected chi connectivity index (χ4v) is 5.47. The van der Waals surface area contributed by atoms with Crippen molar-refractivity contribution in [1.29, 1.82) is 0 Å². The van der Waals surface area contributed by atoms with E-state index < -0.39 is 0 Å². The van der Waals surface area contributed by atoms with E-state index in [0.29, 0.717) is 11.2 Å². The molecule has 5 rings (SSSR count). The topological polar surface area (TPSA) is 50.7 Å². The van der Waals surface area contributed by atoms with Gasteiger partial charge in [0.05, 0.1) is 19.9 Å². The molecule has 0 bridgehead atoms. The van der Waals surface area contributed by atoms with Crippen molar-refractivity contribution < 1.29 is 9.47 Å². The molecule has 31 heavy (non-hydrogen) atoms. The third-order valence-corrected chi connectivity index (χ3v) is 7.93. The van der Waals surface area contributed by atoms with Gasteiger partial charge in [0.2, 0.25) is 0 Å². The van der Waals surface area contributed by atoms with Crippen LogP contribution in [0.25, 0.3) is 11.3 Å².